The number of hydrogen-bond donors (Lipinski definition) is 3. The zero-order valence-electron chi connectivity index (χ0n) is 22.3. The van der Waals surface area contributed by atoms with Gasteiger partial charge in [0.1, 0.15) is 12.4 Å². The van der Waals surface area contributed by atoms with Crippen molar-refractivity contribution in [3.63, 3.8) is 0 Å². The molecule has 1 amide bonds. The molecular weight excluding hydrogens is 492 g/mol. The Labute approximate surface area is 222 Å². The summed E-state index contributed by atoms with van der Waals surface area (Å²) >= 11 is 1.68. The van der Waals surface area contributed by atoms with Gasteiger partial charge in [0.25, 0.3) is 5.89 Å². The first-order valence-corrected chi connectivity index (χ1v) is 13.5. The van der Waals surface area contributed by atoms with Crippen molar-refractivity contribution in [3.8, 4) is 27.9 Å². The number of carbonyl (C=O) groups excluding carboxylic acids is 1. The molecule has 1 unspecified atom stereocenters. The van der Waals surface area contributed by atoms with Gasteiger partial charge in [-0.2, -0.15) is 4.98 Å². The number of rotatable bonds is 14. The number of benzene rings is 1. The van der Waals surface area contributed by atoms with E-state index < -0.39 is 24.5 Å². The first kappa shape index (κ1) is 28.8. The Balaban J connectivity index is 1.77. The Kier molecular flexibility index (Phi) is 10.2. The zero-order valence-corrected chi connectivity index (χ0v) is 23.1. The van der Waals surface area contributed by atoms with Gasteiger partial charge in [0, 0.05) is 17.0 Å². The molecule has 2 heterocycles. The second kappa shape index (κ2) is 13.1. The van der Waals surface area contributed by atoms with Crippen LogP contribution in [0.1, 0.15) is 48.8 Å². The minimum Gasteiger partial charge on any atom is -0.490 e. The van der Waals surface area contributed by atoms with Gasteiger partial charge in [0.2, 0.25) is 11.7 Å². The molecule has 10 heteroatoms. The minimum absolute atomic E-state index is 0.0170. The molecular formula is C27H38N4O5S. The van der Waals surface area contributed by atoms with E-state index in [0.29, 0.717) is 23.9 Å². The maximum absolute atomic E-state index is 11.3. The summed E-state index contributed by atoms with van der Waals surface area (Å²) in [5.74, 6) is 0.224. The maximum atomic E-state index is 11.3. The number of thiophene rings is 1. The number of primary amides is 1. The second-order valence-electron chi connectivity index (χ2n) is 9.22. The monoisotopic (exact) mass is 530 g/mol. The first-order chi connectivity index (χ1) is 17.7. The van der Waals surface area contributed by atoms with Gasteiger partial charge in [0.05, 0.1) is 23.5 Å². The molecule has 3 aromatic rings. The van der Waals surface area contributed by atoms with Gasteiger partial charge in [-0.05, 0) is 74.7 Å². The van der Waals surface area contributed by atoms with Crippen LogP contribution in [0.2, 0.25) is 0 Å². The lowest BCUT2D eigenvalue weighted by atomic mass is 10.0. The van der Waals surface area contributed by atoms with Crippen molar-refractivity contribution in [2.24, 2.45) is 11.7 Å². The number of amides is 1. The predicted octanol–water partition coefficient (Wildman–Crippen LogP) is 3.71. The second-order valence-corrected chi connectivity index (χ2v) is 10.4. The molecule has 0 bridgehead atoms. The Morgan fingerprint density at radius 3 is 2.54 bits per heavy atom. The Morgan fingerprint density at radius 1 is 1.19 bits per heavy atom. The lowest BCUT2D eigenvalue weighted by molar-refractivity contribution is -0.124. The van der Waals surface area contributed by atoms with Crippen LogP contribution in [0.15, 0.2) is 22.7 Å². The summed E-state index contributed by atoms with van der Waals surface area (Å²) in [5, 5.41) is 23.8. The molecule has 0 saturated carbocycles. The summed E-state index contributed by atoms with van der Waals surface area (Å²) in [6.07, 6.45) is -0.201. The van der Waals surface area contributed by atoms with Crippen molar-refractivity contribution in [2.45, 2.75) is 60.1 Å². The molecule has 2 aromatic heterocycles. The molecule has 0 aliphatic heterocycles. The molecule has 0 radical (unpaired) electrons. The molecule has 37 heavy (non-hydrogen) atoms. The smallest absolute Gasteiger partial charge is 0.268 e. The normalized spacial score (nSPS) is 13.2. The van der Waals surface area contributed by atoms with E-state index in [4.69, 9.17) is 15.0 Å². The van der Waals surface area contributed by atoms with Crippen molar-refractivity contribution >= 4 is 17.2 Å². The van der Waals surface area contributed by atoms with E-state index in [9.17, 15) is 15.0 Å². The fraction of sp³-hybridized carbons (Fsp3) is 0.519. The van der Waals surface area contributed by atoms with Crippen LogP contribution in [-0.4, -0.2) is 63.6 Å². The number of aryl methyl sites for hydroxylation is 3. The third kappa shape index (κ3) is 7.16. The molecule has 1 aromatic carbocycles. The van der Waals surface area contributed by atoms with Crippen LogP contribution in [0, 0.1) is 19.8 Å². The summed E-state index contributed by atoms with van der Waals surface area (Å²) in [5.41, 5.74) is 9.11. The molecule has 202 valence electrons. The maximum Gasteiger partial charge on any atom is 0.268 e. The van der Waals surface area contributed by atoms with E-state index in [1.165, 1.54) is 10.4 Å². The third-order valence-electron chi connectivity index (χ3n) is 6.51. The van der Waals surface area contributed by atoms with Crippen LogP contribution in [0.5, 0.6) is 5.75 Å². The first-order valence-electron chi connectivity index (χ1n) is 12.7. The largest absolute Gasteiger partial charge is 0.490 e. The average Bonchev–Trinajstić information content (AvgIpc) is 3.51. The number of aliphatic hydroxyl groups is 2. The van der Waals surface area contributed by atoms with Crippen molar-refractivity contribution in [2.75, 3.05) is 26.3 Å². The van der Waals surface area contributed by atoms with E-state index >= 15 is 0 Å². The summed E-state index contributed by atoms with van der Waals surface area (Å²) < 4.78 is 11.6. The standard InChI is InChI=1S/C27H38N4O5S/c1-6-18-11-19(9-17(5)24(18)35-15-21(33)12-20(14-32)25(28)34)26-29-27(36-30-26)22-10-16(4)23(37-22)13-31(7-2)8-3/h9-11,20-21,32-33H,6-8,12-15H2,1-5H3,(H2,28,34)/t20?,21-/m0/s1. The van der Waals surface area contributed by atoms with Gasteiger partial charge >= 0.3 is 0 Å². The molecule has 3 rings (SSSR count). The number of ether oxygens (including phenoxy) is 1. The van der Waals surface area contributed by atoms with E-state index in [1.54, 1.807) is 11.3 Å². The van der Waals surface area contributed by atoms with Crippen LogP contribution < -0.4 is 10.5 Å². The summed E-state index contributed by atoms with van der Waals surface area (Å²) in [4.78, 5) is 20.6. The summed E-state index contributed by atoms with van der Waals surface area (Å²) in [6.45, 7) is 12.9. The minimum atomic E-state index is -0.936. The summed E-state index contributed by atoms with van der Waals surface area (Å²) in [7, 11) is 0. The van der Waals surface area contributed by atoms with Crippen molar-refractivity contribution < 1.29 is 24.3 Å². The predicted molar refractivity (Wildman–Crippen MR) is 144 cm³/mol. The van der Waals surface area contributed by atoms with Gasteiger partial charge < -0.3 is 25.2 Å². The fourth-order valence-electron chi connectivity index (χ4n) is 4.18. The highest BCUT2D eigenvalue weighted by Gasteiger charge is 2.21. The quantitative estimate of drug-likeness (QED) is 0.287. The van der Waals surface area contributed by atoms with Crippen molar-refractivity contribution in [3.05, 3.63) is 39.8 Å². The third-order valence-corrected chi connectivity index (χ3v) is 7.72. The number of aromatic nitrogens is 2. The van der Waals surface area contributed by atoms with Crippen LogP contribution in [-0.2, 0) is 17.8 Å². The van der Waals surface area contributed by atoms with E-state index in [-0.39, 0.29) is 13.0 Å². The highest BCUT2D eigenvalue weighted by atomic mass is 32.1. The molecule has 4 N–H and O–H groups in total. The molecule has 0 fully saturated rings. The lowest BCUT2D eigenvalue weighted by Crippen LogP contribution is -2.32. The van der Waals surface area contributed by atoms with Gasteiger partial charge in [-0.3, -0.25) is 9.69 Å². The van der Waals surface area contributed by atoms with Crippen LogP contribution in [0.25, 0.3) is 22.2 Å². The topological polar surface area (TPSA) is 135 Å². The highest BCUT2D eigenvalue weighted by Crippen LogP contribution is 2.34. The Bertz CT molecular complexity index is 1190. The Hall–Kier alpha value is -2.79. The molecule has 9 nitrogen and oxygen atoms in total. The van der Waals surface area contributed by atoms with E-state index in [1.807, 2.05) is 26.0 Å². The molecule has 2 atom stereocenters. The molecule has 0 spiro atoms. The van der Waals surface area contributed by atoms with Gasteiger partial charge in [0.15, 0.2) is 0 Å². The van der Waals surface area contributed by atoms with Crippen LogP contribution in [0.3, 0.4) is 0 Å². The highest BCUT2D eigenvalue weighted by molar-refractivity contribution is 7.15. The van der Waals surface area contributed by atoms with E-state index in [0.717, 1.165) is 41.2 Å². The SMILES string of the molecule is CCc1cc(-c2noc(-c3cc(C)c(CN(CC)CC)s3)n2)cc(C)c1OC[C@@H](O)CC(CO)C(N)=O. The average molecular weight is 531 g/mol. The number of nitrogens with two attached hydrogens (primary N) is 1. The van der Waals surface area contributed by atoms with Gasteiger partial charge in [-0.1, -0.05) is 25.9 Å². The van der Waals surface area contributed by atoms with Gasteiger partial charge in [-0.15, -0.1) is 11.3 Å². The number of aliphatic hydroxyl groups excluding tert-OH is 2. The molecule has 0 aliphatic carbocycles. The number of nitrogens with zero attached hydrogens (tertiary/aromatic N) is 3. The zero-order chi connectivity index (χ0) is 27.1. The van der Waals surface area contributed by atoms with Crippen molar-refractivity contribution in [1.82, 2.24) is 15.0 Å². The van der Waals surface area contributed by atoms with Crippen LogP contribution >= 0.6 is 11.3 Å². The van der Waals surface area contributed by atoms with Crippen LogP contribution in [0.4, 0.5) is 0 Å². The molecule has 0 aliphatic rings. The van der Waals surface area contributed by atoms with Crippen molar-refractivity contribution in [1.29, 1.82) is 0 Å². The molecule has 0 saturated heterocycles. The number of hydrogen-bond acceptors (Lipinski definition) is 9. The number of carbonyl (C=O) groups is 1. The summed E-state index contributed by atoms with van der Waals surface area (Å²) in [6, 6.07) is 6.00. The lowest BCUT2D eigenvalue weighted by Gasteiger charge is -2.19. The fourth-order valence-corrected chi connectivity index (χ4v) is 5.31. The van der Waals surface area contributed by atoms with E-state index in [2.05, 4.69) is 41.9 Å². The Morgan fingerprint density at radius 2 is 1.92 bits per heavy atom. The van der Waals surface area contributed by atoms with Gasteiger partial charge in [-0.25, -0.2) is 0 Å².